The van der Waals surface area contributed by atoms with Crippen molar-refractivity contribution in [3.8, 4) is 0 Å². The predicted octanol–water partition coefficient (Wildman–Crippen LogP) is 2.19. The highest BCUT2D eigenvalue weighted by molar-refractivity contribution is 5.76. The second-order valence-corrected chi connectivity index (χ2v) is 6.93. The van der Waals surface area contributed by atoms with Crippen LogP contribution in [0.2, 0.25) is 0 Å². The SMILES string of the molecule is Cc1ccc(CN2CCN(Cc3cccc4nonc34)C[C@@H]2CCO)o1. The second kappa shape index (κ2) is 7.57. The Kier molecular flexibility index (Phi) is 5.01. The number of hydrogen-bond donors (Lipinski definition) is 1. The van der Waals surface area contributed by atoms with Crippen LogP contribution >= 0.6 is 0 Å². The van der Waals surface area contributed by atoms with Crippen molar-refractivity contribution in [1.29, 1.82) is 0 Å². The van der Waals surface area contributed by atoms with Gasteiger partial charge in [-0.05, 0) is 47.4 Å². The summed E-state index contributed by atoms with van der Waals surface area (Å²) in [7, 11) is 0. The molecule has 1 saturated heterocycles. The normalized spacial score (nSPS) is 19.4. The first-order valence-electron chi connectivity index (χ1n) is 9.05. The topological polar surface area (TPSA) is 78.8 Å². The van der Waals surface area contributed by atoms with Gasteiger partial charge in [0.25, 0.3) is 0 Å². The first-order chi connectivity index (χ1) is 12.7. The molecule has 0 saturated carbocycles. The van der Waals surface area contributed by atoms with Crippen molar-refractivity contribution >= 4 is 11.0 Å². The molecule has 7 heteroatoms. The van der Waals surface area contributed by atoms with Crippen LogP contribution in [0.4, 0.5) is 0 Å². The summed E-state index contributed by atoms with van der Waals surface area (Å²) in [5.41, 5.74) is 2.75. The third-order valence-corrected chi connectivity index (χ3v) is 5.07. The van der Waals surface area contributed by atoms with Crippen LogP contribution in [0.3, 0.4) is 0 Å². The van der Waals surface area contributed by atoms with Crippen LogP contribution in [0.5, 0.6) is 0 Å². The molecule has 0 amide bonds. The fourth-order valence-corrected chi connectivity index (χ4v) is 3.73. The van der Waals surface area contributed by atoms with Crippen molar-refractivity contribution < 1.29 is 14.2 Å². The lowest BCUT2D eigenvalue weighted by Crippen LogP contribution is -2.52. The molecule has 1 fully saturated rings. The van der Waals surface area contributed by atoms with E-state index in [9.17, 15) is 5.11 Å². The second-order valence-electron chi connectivity index (χ2n) is 6.93. The first kappa shape index (κ1) is 17.2. The number of aliphatic hydroxyl groups excluding tert-OH is 1. The Morgan fingerprint density at radius 1 is 1.15 bits per heavy atom. The van der Waals surface area contributed by atoms with Gasteiger partial charge in [0.1, 0.15) is 22.6 Å². The largest absolute Gasteiger partial charge is 0.465 e. The van der Waals surface area contributed by atoms with E-state index in [4.69, 9.17) is 9.05 Å². The van der Waals surface area contributed by atoms with Crippen molar-refractivity contribution in [3.63, 3.8) is 0 Å². The number of benzene rings is 1. The Labute approximate surface area is 152 Å². The molecule has 26 heavy (non-hydrogen) atoms. The van der Waals surface area contributed by atoms with E-state index in [2.05, 4.69) is 26.2 Å². The Bertz CT molecular complexity index is 859. The summed E-state index contributed by atoms with van der Waals surface area (Å²) in [5.74, 6) is 1.92. The molecular weight excluding hydrogens is 332 g/mol. The van der Waals surface area contributed by atoms with Crippen molar-refractivity contribution in [1.82, 2.24) is 20.1 Å². The molecular formula is C19H24N4O3. The molecule has 4 rings (SSSR count). The highest BCUT2D eigenvalue weighted by atomic mass is 16.6. The Hall–Kier alpha value is -2.22. The van der Waals surface area contributed by atoms with Gasteiger partial charge in [-0.1, -0.05) is 12.1 Å². The van der Waals surface area contributed by atoms with E-state index in [0.29, 0.717) is 6.04 Å². The molecule has 0 bridgehead atoms. The molecule has 0 unspecified atom stereocenters. The van der Waals surface area contributed by atoms with Crippen LogP contribution in [-0.2, 0) is 13.1 Å². The van der Waals surface area contributed by atoms with E-state index in [1.54, 1.807) is 0 Å². The lowest BCUT2D eigenvalue weighted by molar-refractivity contribution is 0.0455. The molecule has 1 aliphatic rings. The third kappa shape index (κ3) is 3.65. The summed E-state index contributed by atoms with van der Waals surface area (Å²) in [5, 5.41) is 17.5. The average Bonchev–Trinajstić information content (AvgIpc) is 3.27. The maximum atomic E-state index is 9.50. The van der Waals surface area contributed by atoms with Crippen LogP contribution in [0.25, 0.3) is 11.0 Å². The van der Waals surface area contributed by atoms with Gasteiger partial charge in [-0.3, -0.25) is 9.80 Å². The summed E-state index contributed by atoms with van der Waals surface area (Å²) in [6, 6.07) is 10.3. The van der Waals surface area contributed by atoms with Gasteiger partial charge >= 0.3 is 0 Å². The molecule has 0 radical (unpaired) electrons. The number of piperazine rings is 1. The molecule has 0 aliphatic carbocycles. The van der Waals surface area contributed by atoms with Gasteiger partial charge in [-0.15, -0.1) is 0 Å². The smallest absolute Gasteiger partial charge is 0.139 e. The molecule has 1 aliphatic heterocycles. The maximum Gasteiger partial charge on any atom is 0.139 e. The third-order valence-electron chi connectivity index (χ3n) is 5.07. The van der Waals surface area contributed by atoms with Crippen LogP contribution < -0.4 is 0 Å². The molecule has 7 nitrogen and oxygen atoms in total. The predicted molar refractivity (Wildman–Crippen MR) is 96.4 cm³/mol. The van der Waals surface area contributed by atoms with Gasteiger partial charge in [-0.2, -0.15) is 0 Å². The van der Waals surface area contributed by atoms with E-state index in [1.807, 2.05) is 31.2 Å². The van der Waals surface area contributed by atoms with Gasteiger partial charge in [0.2, 0.25) is 0 Å². The highest BCUT2D eigenvalue weighted by Crippen LogP contribution is 2.21. The number of aliphatic hydroxyl groups is 1. The summed E-state index contributed by atoms with van der Waals surface area (Å²) in [6.45, 7) is 6.56. The fraction of sp³-hybridized carbons (Fsp3) is 0.474. The number of aryl methyl sites for hydroxylation is 1. The summed E-state index contributed by atoms with van der Waals surface area (Å²) >= 11 is 0. The lowest BCUT2D eigenvalue weighted by atomic mass is 10.1. The van der Waals surface area contributed by atoms with E-state index in [0.717, 1.165) is 67.3 Å². The molecule has 1 atom stereocenters. The number of aromatic nitrogens is 2. The first-order valence-corrected chi connectivity index (χ1v) is 9.05. The quantitative estimate of drug-likeness (QED) is 0.725. The van der Waals surface area contributed by atoms with E-state index in [-0.39, 0.29) is 6.61 Å². The Morgan fingerprint density at radius 2 is 2.08 bits per heavy atom. The van der Waals surface area contributed by atoms with Gasteiger partial charge in [-0.25, -0.2) is 4.63 Å². The maximum absolute atomic E-state index is 9.50. The van der Waals surface area contributed by atoms with Gasteiger partial charge in [0.15, 0.2) is 0 Å². The van der Waals surface area contributed by atoms with Crippen molar-refractivity contribution in [2.75, 3.05) is 26.2 Å². The molecule has 0 spiro atoms. The van der Waals surface area contributed by atoms with Crippen molar-refractivity contribution in [3.05, 3.63) is 47.4 Å². The molecule has 1 N–H and O–H groups in total. The number of hydrogen-bond acceptors (Lipinski definition) is 7. The van der Waals surface area contributed by atoms with Gasteiger partial charge < -0.3 is 9.52 Å². The number of furan rings is 1. The minimum atomic E-state index is 0.189. The summed E-state index contributed by atoms with van der Waals surface area (Å²) < 4.78 is 10.6. The van der Waals surface area contributed by atoms with Gasteiger partial charge in [0, 0.05) is 38.8 Å². The summed E-state index contributed by atoms with van der Waals surface area (Å²) in [6.07, 6.45) is 0.756. The molecule has 3 aromatic rings. The number of fused-ring (bicyclic) bond motifs is 1. The minimum Gasteiger partial charge on any atom is -0.465 e. The zero-order valence-corrected chi connectivity index (χ0v) is 15.0. The Morgan fingerprint density at radius 3 is 2.88 bits per heavy atom. The van der Waals surface area contributed by atoms with Crippen molar-refractivity contribution in [2.45, 2.75) is 32.5 Å². The lowest BCUT2D eigenvalue weighted by Gasteiger charge is -2.41. The molecule has 138 valence electrons. The Balaban J connectivity index is 1.44. The highest BCUT2D eigenvalue weighted by Gasteiger charge is 2.27. The van der Waals surface area contributed by atoms with Crippen LogP contribution in [0, 0.1) is 6.92 Å². The van der Waals surface area contributed by atoms with E-state index < -0.39 is 0 Å². The standard InChI is InChI=1S/C19H24N4O3/c1-14-5-6-17(25-14)13-23-9-8-22(12-16(23)7-10-24)11-15-3-2-4-18-19(15)21-26-20-18/h2-6,16,24H,7-13H2,1H3/t16-/m0/s1. The summed E-state index contributed by atoms with van der Waals surface area (Å²) in [4.78, 5) is 4.82. The molecule has 2 aromatic heterocycles. The zero-order valence-electron chi connectivity index (χ0n) is 15.0. The minimum absolute atomic E-state index is 0.189. The van der Waals surface area contributed by atoms with E-state index in [1.165, 1.54) is 0 Å². The van der Waals surface area contributed by atoms with E-state index >= 15 is 0 Å². The molecule has 1 aromatic carbocycles. The zero-order chi connectivity index (χ0) is 17.9. The average molecular weight is 356 g/mol. The number of nitrogens with zero attached hydrogens (tertiary/aromatic N) is 4. The van der Waals surface area contributed by atoms with Crippen LogP contribution in [0.15, 0.2) is 39.4 Å². The monoisotopic (exact) mass is 356 g/mol. The van der Waals surface area contributed by atoms with Crippen LogP contribution in [0.1, 0.15) is 23.5 Å². The fourth-order valence-electron chi connectivity index (χ4n) is 3.73. The van der Waals surface area contributed by atoms with Crippen molar-refractivity contribution in [2.24, 2.45) is 0 Å². The van der Waals surface area contributed by atoms with Crippen LogP contribution in [-0.4, -0.2) is 57.5 Å². The van der Waals surface area contributed by atoms with Gasteiger partial charge in [0.05, 0.1) is 6.54 Å². The molecule has 3 heterocycles. The number of rotatable bonds is 6.